The molecule has 0 saturated heterocycles. The Bertz CT molecular complexity index is 980. The number of hydrogen-bond donors (Lipinski definition) is 0. The van der Waals surface area contributed by atoms with Gasteiger partial charge in [0.25, 0.3) is 0 Å². The van der Waals surface area contributed by atoms with E-state index in [2.05, 4.69) is 4.99 Å². The zero-order valence-corrected chi connectivity index (χ0v) is 14.9. The van der Waals surface area contributed by atoms with E-state index in [9.17, 15) is 9.18 Å². The van der Waals surface area contributed by atoms with Gasteiger partial charge in [0.05, 0.1) is 5.69 Å². The number of aliphatic imine (C=N–C) groups is 1. The molecule has 0 aliphatic heterocycles. The van der Waals surface area contributed by atoms with E-state index in [1.54, 1.807) is 60.8 Å². The van der Waals surface area contributed by atoms with Crippen molar-refractivity contribution in [3.63, 3.8) is 0 Å². The Morgan fingerprint density at radius 2 is 1.67 bits per heavy atom. The number of halogens is 2. The van der Waals surface area contributed by atoms with Gasteiger partial charge in [0.2, 0.25) is 0 Å². The lowest BCUT2D eigenvalue weighted by molar-refractivity contribution is -0.128. The molecule has 5 heteroatoms. The third-order valence-corrected chi connectivity index (χ3v) is 3.94. The molecule has 3 nitrogen and oxygen atoms in total. The summed E-state index contributed by atoms with van der Waals surface area (Å²) in [4.78, 5) is 16.2. The fourth-order valence-corrected chi connectivity index (χ4v) is 2.42. The van der Waals surface area contributed by atoms with Crippen molar-refractivity contribution in [1.29, 1.82) is 0 Å². The minimum absolute atomic E-state index is 0.302. The molecule has 0 amide bonds. The number of benzene rings is 3. The summed E-state index contributed by atoms with van der Waals surface area (Å²) in [5.41, 5.74) is 2.21. The standard InChI is InChI=1S/C22H15ClFNO2/c23-21-4-2-1-3-17(21)7-14-22(26)27-20-12-5-16(6-13-20)15-25-19-10-8-18(24)9-11-19/h1-15H. The van der Waals surface area contributed by atoms with Crippen molar-refractivity contribution >= 4 is 35.5 Å². The third kappa shape index (κ3) is 5.62. The summed E-state index contributed by atoms with van der Waals surface area (Å²) in [7, 11) is 0. The van der Waals surface area contributed by atoms with Gasteiger partial charge in [-0.25, -0.2) is 9.18 Å². The summed E-state index contributed by atoms with van der Waals surface area (Å²) in [5.74, 6) is -0.380. The number of esters is 1. The molecule has 0 atom stereocenters. The van der Waals surface area contributed by atoms with Gasteiger partial charge in [0.15, 0.2) is 0 Å². The Kier molecular flexibility index (Phi) is 6.13. The van der Waals surface area contributed by atoms with Crippen molar-refractivity contribution in [1.82, 2.24) is 0 Å². The third-order valence-electron chi connectivity index (χ3n) is 3.59. The molecular formula is C22H15ClFNO2. The first-order valence-electron chi connectivity index (χ1n) is 8.14. The van der Waals surface area contributed by atoms with E-state index in [1.807, 2.05) is 12.1 Å². The number of ether oxygens (including phenoxy) is 1. The SMILES string of the molecule is O=C(C=Cc1ccccc1Cl)Oc1ccc(C=Nc2ccc(F)cc2)cc1. The van der Waals surface area contributed by atoms with E-state index in [4.69, 9.17) is 16.3 Å². The van der Waals surface area contributed by atoms with Gasteiger partial charge in [-0.3, -0.25) is 4.99 Å². The molecule has 0 N–H and O–H groups in total. The van der Waals surface area contributed by atoms with Crippen LogP contribution in [0.25, 0.3) is 6.08 Å². The highest BCUT2D eigenvalue weighted by Gasteiger charge is 2.01. The highest BCUT2D eigenvalue weighted by molar-refractivity contribution is 6.32. The second-order valence-corrected chi connectivity index (χ2v) is 5.99. The van der Waals surface area contributed by atoms with Crippen LogP contribution in [0.15, 0.2) is 83.9 Å². The van der Waals surface area contributed by atoms with Crippen LogP contribution >= 0.6 is 11.6 Å². The van der Waals surface area contributed by atoms with Gasteiger partial charge < -0.3 is 4.74 Å². The second-order valence-electron chi connectivity index (χ2n) is 5.58. The first-order valence-corrected chi connectivity index (χ1v) is 8.52. The molecule has 0 bridgehead atoms. The molecular weight excluding hydrogens is 365 g/mol. The molecule has 0 unspecified atom stereocenters. The lowest BCUT2D eigenvalue weighted by Gasteiger charge is -2.02. The van der Waals surface area contributed by atoms with Crippen LogP contribution in [0.4, 0.5) is 10.1 Å². The van der Waals surface area contributed by atoms with E-state index < -0.39 is 5.97 Å². The first-order chi connectivity index (χ1) is 13.1. The Labute approximate surface area is 161 Å². The van der Waals surface area contributed by atoms with E-state index in [0.717, 1.165) is 11.1 Å². The molecule has 0 aliphatic rings. The molecule has 0 heterocycles. The Balaban J connectivity index is 1.59. The minimum Gasteiger partial charge on any atom is -0.423 e. The van der Waals surface area contributed by atoms with Crippen LogP contribution in [0.1, 0.15) is 11.1 Å². The van der Waals surface area contributed by atoms with E-state index in [-0.39, 0.29) is 5.82 Å². The fourth-order valence-electron chi connectivity index (χ4n) is 2.22. The smallest absolute Gasteiger partial charge is 0.336 e. The topological polar surface area (TPSA) is 38.7 Å². The van der Waals surface area contributed by atoms with Crippen molar-refractivity contribution in [2.75, 3.05) is 0 Å². The van der Waals surface area contributed by atoms with Gasteiger partial charge in [0, 0.05) is 17.3 Å². The molecule has 27 heavy (non-hydrogen) atoms. The predicted molar refractivity (Wildman–Crippen MR) is 106 cm³/mol. The van der Waals surface area contributed by atoms with Gasteiger partial charge in [-0.2, -0.15) is 0 Å². The zero-order valence-electron chi connectivity index (χ0n) is 14.2. The Morgan fingerprint density at radius 3 is 2.37 bits per heavy atom. The van der Waals surface area contributed by atoms with E-state index >= 15 is 0 Å². The lowest BCUT2D eigenvalue weighted by atomic mass is 10.2. The molecule has 0 radical (unpaired) electrons. The van der Waals surface area contributed by atoms with E-state index in [1.165, 1.54) is 18.2 Å². The molecule has 0 fully saturated rings. The highest BCUT2D eigenvalue weighted by atomic mass is 35.5. The second kappa shape index (κ2) is 8.92. The van der Waals surface area contributed by atoms with Crippen LogP contribution in [0.3, 0.4) is 0 Å². The van der Waals surface area contributed by atoms with Crippen molar-refractivity contribution in [3.05, 3.63) is 101 Å². The van der Waals surface area contributed by atoms with Crippen LogP contribution in [-0.2, 0) is 4.79 Å². The Morgan fingerprint density at radius 1 is 0.963 bits per heavy atom. The highest BCUT2D eigenvalue weighted by Crippen LogP contribution is 2.17. The molecule has 3 aromatic rings. The normalized spacial score (nSPS) is 11.2. The van der Waals surface area contributed by atoms with Crippen LogP contribution in [0.2, 0.25) is 5.02 Å². The molecule has 3 rings (SSSR count). The van der Waals surface area contributed by atoms with E-state index in [0.29, 0.717) is 16.5 Å². The van der Waals surface area contributed by atoms with Crippen LogP contribution in [0, 0.1) is 5.82 Å². The summed E-state index contributed by atoms with van der Waals surface area (Å²) in [6, 6.07) is 20.0. The fraction of sp³-hybridized carbons (Fsp3) is 0. The number of nitrogens with zero attached hydrogens (tertiary/aromatic N) is 1. The molecule has 0 saturated carbocycles. The summed E-state index contributed by atoms with van der Waals surface area (Å²) in [6.45, 7) is 0. The van der Waals surface area contributed by atoms with Crippen LogP contribution in [-0.4, -0.2) is 12.2 Å². The van der Waals surface area contributed by atoms with Gasteiger partial charge in [-0.1, -0.05) is 29.8 Å². The average Bonchev–Trinajstić information content (AvgIpc) is 2.68. The molecule has 134 valence electrons. The largest absolute Gasteiger partial charge is 0.423 e. The molecule has 0 aromatic heterocycles. The number of carbonyl (C=O) groups excluding carboxylic acids is 1. The maximum absolute atomic E-state index is 12.9. The minimum atomic E-state index is -0.498. The van der Waals surface area contributed by atoms with Gasteiger partial charge in [-0.05, 0) is 71.8 Å². The lowest BCUT2D eigenvalue weighted by Crippen LogP contribution is -2.03. The van der Waals surface area contributed by atoms with Gasteiger partial charge in [-0.15, -0.1) is 0 Å². The monoisotopic (exact) mass is 379 g/mol. The maximum atomic E-state index is 12.9. The zero-order chi connectivity index (χ0) is 19.1. The number of rotatable bonds is 5. The summed E-state index contributed by atoms with van der Waals surface area (Å²) < 4.78 is 18.1. The van der Waals surface area contributed by atoms with Crippen molar-refractivity contribution in [2.24, 2.45) is 4.99 Å². The predicted octanol–water partition coefficient (Wildman–Crippen LogP) is 5.85. The number of hydrogen-bond acceptors (Lipinski definition) is 3. The number of carbonyl (C=O) groups is 1. The van der Waals surface area contributed by atoms with Crippen molar-refractivity contribution < 1.29 is 13.9 Å². The van der Waals surface area contributed by atoms with Gasteiger partial charge in [0.1, 0.15) is 11.6 Å². The van der Waals surface area contributed by atoms with Crippen molar-refractivity contribution in [3.8, 4) is 5.75 Å². The molecule has 0 spiro atoms. The first kappa shape index (κ1) is 18.5. The van der Waals surface area contributed by atoms with Crippen molar-refractivity contribution in [2.45, 2.75) is 0 Å². The quantitative estimate of drug-likeness (QED) is 0.241. The van der Waals surface area contributed by atoms with Crippen LogP contribution < -0.4 is 4.74 Å². The molecule has 3 aromatic carbocycles. The average molecular weight is 380 g/mol. The van der Waals surface area contributed by atoms with Gasteiger partial charge >= 0.3 is 5.97 Å². The summed E-state index contributed by atoms with van der Waals surface area (Å²) in [5, 5.41) is 0.561. The maximum Gasteiger partial charge on any atom is 0.336 e. The summed E-state index contributed by atoms with van der Waals surface area (Å²) in [6.07, 6.45) is 4.58. The summed E-state index contributed by atoms with van der Waals surface area (Å²) >= 11 is 6.03. The molecule has 0 aliphatic carbocycles. The van der Waals surface area contributed by atoms with Crippen LogP contribution in [0.5, 0.6) is 5.75 Å². The Hall–Kier alpha value is -3.24.